The smallest absolute Gasteiger partial charge is 0.171 e. The first-order valence-electron chi connectivity index (χ1n) is 5.41. The second-order valence-electron chi connectivity index (χ2n) is 4.73. The van der Waals surface area contributed by atoms with Gasteiger partial charge < -0.3 is 0 Å². The fourth-order valence-corrected chi connectivity index (χ4v) is 2.79. The normalized spacial score (nSPS) is 39.0. The van der Waals surface area contributed by atoms with Gasteiger partial charge in [-0.1, -0.05) is 33.6 Å². The zero-order valence-corrected chi connectivity index (χ0v) is 9.12. The average molecular weight is 208 g/mol. The Kier molecular flexibility index (Phi) is 3.17. The quantitative estimate of drug-likeness (QED) is 0.631. The fourth-order valence-electron chi connectivity index (χ4n) is 2.79. The molecule has 14 heavy (non-hydrogen) atoms. The van der Waals surface area contributed by atoms with Crippen molar-refractivity contribution in [2.75, 3.05) is 0 Å². The zero-order valence-electron chi connectivity index (χ0n) is 9.12. The predicted molar refractivity (Wildman–Crippen MR) is 51.0 cm³/mol. The van der Waals surface area contributed by atoms with E-state index in [4.69, 9.17) is 0 Å². The van der Waals surface area contributed by atoms with Gasteiger partial charge in [-0.15, -0.1) is 0 Å². The van der Waals surface area contributed by atoms with Crippen molar-refractivity contribution >= 4 is 0 Å². The predicted octanol–water partition coefficient (Wildman–Crippen LogP) is 4.40. The van der Waals surface area contributed by atoms with Crippen LogP contribution in [0.3, 0.4) is 0 Å². The third-order valence-electron chi connectivity index (χ3n) is 3.95. The van der Waals surface area contributed by atoms with E-state index in [1.807, 2.05) is 13.8 Å². The Morgan fingerprint density at radius 1 is 1.21 bits per heavy atom. The standard InChI is InChI=1S/C11H19F3/c1-4-8-6-9(5-2)10(3,7-8)11(12,13)14/h8-9H,4-7H2,1-3H3. The molecule has 0 N–H and O–H groups in total. The molecule has 0 amide bonds. The summed E-state index contributed by atoms with van der Waals surface area (Å²) in [6.07, 6.45) is -1.43. The van der Waals surface area contributed by atoms with Crippen LogP contribution in [0.1, 0.15) is 46.5 Å². The topological polar surface area (TPSA) is 0 Å². The molecule has 0 aliphatic heterocycles. The van der Waals surface area contributed by atoms with Crippen LogP contribution in [0.5, 0.6) is 0 Å². The lowest BCUT2D eigenvalue weighted by atomic mass is 9.77. The van der Waals surface area contributed by atoms with E-state index in [9.17, 15) is 13.2 Å². The van der Waals surface area contributed by atoms with Gasteiger partial charge in [-0.25, -0.2) is 0 Å². The summed E-state index contributed by atoms with van der Waals surface area (Å²) in [5.41, 5.74) is -1.43. The second-order valence-corrected chi connectivity index (χ2v) is 4.73. The number of rotatable bonds is 2. The van der Waals surface area contributed by atoms with Gasteiger partial charge in [-0.05, 0) is 24.7 Å². The van der Waals surface area contributed by atoms with Crippen molar-refractivity contribution < 1.29 is 13.2 Å². The van der Waals surface area contributed by atoms with E-state index < -0.39 is 11.6 Å². The molecule has 1 aliphatic carbocycles. The highest BCUT2D eigenvalue weighted by molar-refractivity contribution is 4.96. The third kappa shape index (κ3) is 1.78. The summed E-state index contributed by atoms with van der Waals surface area (Å²) in [6, 6.07) is 0. The van der Waals surface area contributed by atoms with Crippen LogP contribution < -0.4 is 0 Å². The molecule has 3 heteroatoms. The number of hydrogen-bond donors (Lipinski definition) is 0. The molecule has 1 rings (SSSR count). The molecule has 84 valence electrons. The number of hydrogen-bond acceptors (Lipinski definition) is 0. The molecule has 3 atom stereocenters. The number of alkyl halides is 3. The van der Waals surface area contributed by atoms with Gasteiger partial charge in [0.15, 0.2) is 0 Å². The van der Waals surface area contributed by atoms with Crippen molar-refractivity contribution in [2.45, 2.75) is 52.6 Å². The van der Waals surface area contributed by atoms with Crippen LogP contribution in [0.4, 0.5) is 13.2 Å². The molecule has 1 fully saturated rings. The lowest BCUT2D eigenvalue weighted by Gasteiger charge is -2.33. The van der Waals surface area contributed by atoms with Gasteiger partial charge >= 0.3 is 6.18 Å². The maximum Gasteiger partial charge on any atom is 0.394 e. The zero-order chi connectivity index (χ0) is 11.0. The van der Waals surface area contributed by atoms with E-state index in [0.29, 0.717) is 12.8 Å². The van der Waals surface area contributed by atoms with Crippen molar-refractivity contribution in [3.05, 3.63) is 0 Å². The Morgan fingerprint density at radius 3 is 2.07 bits per heavy atom. The van der Waals surface area contributed by atoms with Crippen molar-refractivity contribution in [3.8, 4) is 0 Å². The summed E-state index contributed by atoms with van der Waals surface area (Å²) in [5.74, 6) is 0.0963. The Hall–Kier alpha value is -0.210. The van der Waals surface area contributed by atoms with Gasteiger partial charge in [0, 0.05) is 0 Å². The van der Waals surface area contributed by atoms with Crippen LogP contribution >= 0.6 is 0 Å². The van der Waals surface area contributed by atoms with Crippen LogP contribution in [0.25, 0.3) is 0 Å². The molecule has 1 aliphatic rings. The summed E-state index contributed by atoms with van der Waals surface area (Å²) >= 11 is 0. The molecule has 0 saturated heterocycles. The van der Waals surface area contributed by atoms with Crippen molar-refractivity contribution in [2.24, 2.45) is 17.3 Å². The van der Waals surface area contributed by atoms with Gasteiger partial charge in [-0.3, -0.25) is 0 Å². The van der Waals surface area contributed by atoms with Crippen molar-refractivity contribution in [3.63, 3.8) is 0 Å². The van der Waals surface area contributed by atoms with E-state index in [2.05, 4.69) is 0 Å². The monoisotopic (exact) mass is 208 g/mol. The molecule has 3 unspecified atom stereocenters. The van der Waals surface area contributed by atoms with Crippen LogP contribution in [0.15, 0.2) is 0 Å². The van der Waals surface area contributed by atoms with E-state index in [1.54, 1.807) is 0 Å². The van der Waals surface area contributed by atoms with E-state index >= 15 is 0 Å². The van der Waals surface area contributed by atoms with Crippen LogP contribution in [0.2, 0.25) is 0 Å². The van der Waals surface area contributed by atoms with E-state index in [1.165, 1.54) is 6.92 Å². The first kappa shape index (κ1) is 11.9. The van der Waals surface area contributed by atoms with E-state index in [-0.39, 0.29) is 11.8 Å². The molecule has 1 saturated carbocycles. The fraction of sp³-hybridized carbons (Fsp3) is 1.00. The highest BCUT2D eigenvalue weighted by atomic mass is 19.4. The van der Waals surface area contributed by atoms with Gasteiger partial charge in [-0.2, -0.15) is 13.2 Å². The highest BCUT2D eigenvalue weighted by Gasteiger charge is 2.58. The summed E-state index contributed by atoms with van der Waals surface area (Å²) in [7, 11) is 0. The summed E-state index contributed by atoms with van der Waals surface area (Å²) in [6.45, 7) is 5.25. The minimum absolute atomic E-state index is 0.174. The number of halogens is 3. The summed E-state index contributed by atoms with van der Waals surface area (Å²) < 4.78 is 38.7. The molecule has 0 aromatic rings. The SMILES string of the molecule is CCC1CC(CC)C(C)(C(F)(F)F)C1. The molecule has 0 heterocycles. The largest absolute Gasteiger partial charge is 0.394 e. The van der Waals surface area contributed by atoms with Gasteiger partial charge in [0.2, 0.25) is 0 Å². The van der Waals surface area contributed by atoms with Crippen molar-refractivity contribution in [1.29, 1.82) is 0 Å². The first-order chi connectivity index (χ1) is 6.35. The van der Waals surface area contributed by atoms with Crippen LogP contribution in [0, 0.1) is 17.3 Å². The molecule has 0 spiro atoms. The molecule has 0 nitrogen and oxygen atoms in total. The Labute approximate surface area is 83.9 Å². The molecule has 0 radical (unpaired) electrons. The Balaban J connectivity index is 2.86. The van der Waals surface area contributed by atoms with Crippen molar-refractivity contribution in [1.82, 2.24) is 0 Å². The molecule has 0 bridgehead atoms. The third-order valence-corrected chi connectivity index (χ3v) is 3.95. The van der Waals surface area contributed by atoms with Gasteiger partial charge in [0.05, 0.1) is 5.41 Å². The maximum absolute atomic E-state index is 12.9. The van der Waals surface area contributed by atoms with E-state index in [0.717, 1.165) is 12.8 Å². The van der Waals surface area contributed by atoms with Gasteiger partial charge in [0.1, 0.15) is 0 Å². The molecule has 0 aromatic heterocycles. The highest BCUT2D eigenvalue weighted by Crippen LogP contribution is 2.57. The lowest BCUT2D eigenvalue weighted by molar-refractivity contribution is -0.230. The average Bonchev–Trinajstić information content (AvgIpc) is 2.42. The summed E-state index contributed by atoms with van der Waals surface area (Å²) in [4.78, 5) is 0. The molecular weight excluding hydrogens is 189 g/mol. The maximum atomic E-state index is 12.9. The van der Waals surface area contributed by atoms with Crippen LogP contribution in [-0.2, 0) is 0 Å². The molecular formula is C11H19F3. The Morgan fingerprint density at radius 2 is 1.79 bits per heavy atom. The van der Waals surface area contributed by atoms with Gasteiger partial charge in [0.25, 0.3) is 0 Å². The minimum Gasteiger partial charge on any atom is -0.171 e. The van der Waals surface area contributed by atoms with Crippen LogP contribution in [-0.4, -0.2) is 6.18 Å². The second kappa shape index (κ2) is 3.74. The summed E-state index contributed by atoms with van der Waals surface area (Å²) in [5, 5.41) is 0. The first-order valence-corrected chi connectivity index (χ1v) is 5.41. The Bertz CT molecular complexity index is 197. The minimum atomic E-state index is -4.03. The lowest BCUT2D eigenvalue weighted by Crippen LogP contribution is -2.38. The molecule has 0 aromatic carbocycles.